The SMILES string of the molecule is COc1cc(-c2nc(C3CCN(C4CCN(C(C)=O)CC4)CC3)n3ccnc(C)c23)ccc1NC(=O)c1cc2c(OC)cccc2n1C. The number of fused-ring (bicyclic) bond motifs is 2. The van der Waals surface area contributed by atoms with Gasteiger partial charge >= 0.3 is 0 Å². The number of amides is 2. The zero-order valence-electron chi connectivity index (χ0n) is 28.3. The van der Waals surface area contributed by atoms with Crippen molar-refractivity contribution < 1.29 is 19.1 Å². The molecule has 2 aromatic carbocycles. The smallest absolute Gasteiger partial charge is 0.272 e. The van der Waals surface area contributed by atoms with Crippen LogP contribution in [0.2, 0.25) is 0 Å². The van der Waals surface area contributed by atoms with Crippen LogP contribution in [-0.2, 0) is 11.8 Å². The summed E-state index contributed by atoms with van der Waals surface area (Å²) in [5.74, 6) is 2.58. The minimum atomic E-state index is -0.243. The molecule has 0 unspecified atom stereocenters. The van der Waals surface area contributed by atoms with E-state index >= 15 is 0 Å². The van der Waals surface area contributed by atoms with Crippen LogP contribution >= 0.6 is 0 Å². The summed E-state index contributed by atoms with van der Waals surface area (Å²) >= 11 is 0. The Hall–Kier alpha value is -4.90. The molecule has 2 aliphatic heterocycles. The van der Waals surface area contributed by atoms with Crippen molar-refractivity contribution in [1.82, 2.24) is 28.7 Å². The summed E-state index contributed by atoms with van der Waals surface area (Å²) in [4.78, 5) is 39.8. The zero-order valence-corrected chi connectivity index (χ0v) is 28.3. The first-order valence-electron chi connectivity index (χ1n) is 16.7. The van der Waals surface area contributed by atoms with E-state index in [1.54, 1.807) is 21.1 Å². The van der Waals surface area contributed by atoms with Crippen LogP contribution < -0.4 is 14.8 Å². The van der Waals surface area contributed by atoms with E-state index in [1.807, 2.05) is 78.3 Å². The maximum Gasteiger partial charge on any atom is 0.272 e. The first-order chi connectivity index (χ1) is 23.3. The number of imidazole rings is 1. The molecule has 3 aromatic heterocycles. The molecule has 11 heteroatoms. The molecule has 0 spiro atoms. The lowest BCUT2D eigenvalue weighted by Gasteiger charge is -2.41. The molecule has 5 heterocycles. The van der Waals surface area contributed by atoms with Crippen LogP contribution in [0.5, 0.6) is 11.5 Å². The highest BCUT2D eigenvalue weighted by molar-refractivity contribution is 6.08. The van der Waals surface area contributed by atoms with E-state index in [0.717, 1.165) is 96.8 Å². The van der Waals surface area contributed by atoms with Crippen LogP contribution in [-0.4, -0.2) is 87.0 Å². The lowest BCUT2D eigenvalue weighted by Crippen LogP contribution is -2.48. The normalized spacial score (nSPS) is 16.5. The van der Waals surface area contributed by atoms with Crippen LogP contribution in [0.4, 0.5) is 5.69 Å². The topological polar surface area (TPSA) is 106 Å². The number of nitrogens with zero attached hydrogens (tertiary/aromatic N) is 6. The van der Waals surface area contributed by atoms with E-state index in [1.165, 1.54) is 0 Å². The number of piperidine rings is 2. The Bertz CT molecular complexity index is 2000. The number of hydrogen-bond acceptors (Lipinski definition) is 7. The molecule has 0 aliphatic carbocycles. The first-order valence-corrected chi connectivity index (χ1v) is 16.7. The fourth-order valence-corrected chi connectivity index (χ4v) is 7.63. The molecule has 0 bridgehead atoms. The van der Waals surface area contributed by atoms with Gasteiger partial charge < -0.3 is 29.2 Å². The van der Waals surface area contributed by atoms with Gasteiger partial charge in [0.05, 0.1) is 42.3 Å². The zero-order chi connectivity index (χ0) is 33.5. The largest absolute Gasteiger partial charge is 0.496 e. The highest BCUT2D eigenvalue weighted by Gasteiger charge is 2.31. The van der Waals surface area contributed by atoms with Gasteiger partial charge in [-0.25, -0.2) is 4.98 Å². The summed E-state index contributed by atoms with van der Waals surface area (Å²) in [6.45, 7) is 7.44. The molecule has 7 rings (SSSR count). The summed E-state index contributed by atoms with van der Waals surface area (Å²) in [6, 6.07) is 14.0. The Morgan fingerprint density at radius 1 is 0.938 bits per heavy atom. The second kappa shape index (κ2) is 13.0. The third-order valence-corrected chi connectivity index (χ3v) is 10.3. The number of ether oxygens (including phenoxy) is 2. The second-order valence-electron chi connectivity index (χ2n) is 12.9. The average Bonchev–Trinajstić information content (AvgIpc) is 3.67. The van der Waals surface area contributed by atoms with Crippen molar-refractivity contribution in [2.24, 2.45) is 7.05 Å². The van der Waals surface area contributed by atoms with Gasteiger partial charge in [-0.1, -0.05) is 12.1 Å². The Labute approximate surface area is 280 Å². The van der Waals surface area contributed by atoms with Crippen molar-refractivity contribution in [2.45, 2.75) is 51.5 Å². The summed E-state index contributed by atoms with van der Waals surface area (Å²) in [6.07, 6.45) is 8.00. The quantitative estimate of drug-likeness (QED) is 0.243. The van der Waals surface area contributed by atoms with Crippen molar-refractivity contribution in [3.63, 3.8) is 0 Å². The van der Waals surface area contributed by atoms with E-state index in [4.69, 9.17) is 14.5 Å². The summed E-state index contributed by atoms with van der Waals surface area (Å²) in [5.41, 5.74) is 5.63. The van der Waals surface area contributed by atoms with Gasteiger partial charge in [-0.2, -0.15) is 0 Å². The standard InChI is InChI=1S/C37H43N7O4/c1-23-35-34(40-36(44(35)20-15-38-23)25-11-16-43(17-12-25)27-13-18-42(19-14-27)24(2)45)26-9-10-29(33(21-26)48-5)39-37(46)31-22-28-30(41(31)3)7-6-8-32(28)47-4/h6-10,15,20-22,25,27H,11-14,16-19H2,1-5H3,(H,39,46). The van der Waals surface area contributed by atoms with Crippen LogP contribution in [0.15, 0.2) is 54.9 Å². The fourth-order valence-electron chi connectivity index (χ4n) is 7.63. The Kier molecular flexibility index (Phi) is 8.55. The molecule has 250 valence electrons. The Morgan fingerprint density at radius 3 is 2.40 bits per heavy atom. The van der Waals surface area contributed by atoms with Crippen LogP contribution in [0, 0.1) is 6.92 Å². The van der Waals surface area contributed by atoms with Gasteiger partial charge in [0.25, 0.3) is 5.91 Å². The number of hydrogen-bond donors (Lipinski definition) is 1. The van der Waals surface area contributed by atoms with Gasteiger partial charge in [-0.15, -0.1) is 0 Å². The Morgan fingerprint density at radius 2 is 1.69 bits per heavy atom. The molecule has 2 fully saturated rings. The molecule has 2 saturated heterocycles. The molecular formula is C37H43N7O4. The third kappa shape index (κ3) is 5.66. The fraction of sp³-hybridized carbons (Fsp3) is 0.405. The van der Waals surface area contributed by atoms with E-state index < -0.39 is 0 Å². The number of carbonyl (C=O) groups excluding carboxylic acids is 2. The molecule has 5 aromatic rings. The molecule has 2 amide bonds. The number of nitrogens with one attached hydrogen (secondary N) is 1. The van der Waals surface area contributed by atoms with Gasteiger partial charge in [-0.05, 0) is 76.0 Å². The number of carbonyl (C=O) groups is 2. The van der Waals surface area contributed by atoms with Crippen molar-refractivity contribution in [2.75, 3.05) is 45.7 Å². The molecule has 0 atom stereocenters. The highest BCUT2D eigenvalue weighted by atomic mass is 16.5. The van der Waals surface area contributed by atoms with E-state index in [9.17, 15) is 9.59 Å². The van der Waals surface area contributed by atoms with E-state index in [0.29, 0.717) is 29.1 Å². The predicted octanol–water partition coefficient (Wildman–Crippen LogP) is 5.66. The second-order valence-corrected chi connectivity index (χ2v) is 12.9. The molecule has 48 heavy (non-hydrogen) atoms. The van der Waals surface area contributed by atoms with Crippen molar-refractivity contribution >= 4 is 33.9 Å². The molecular weight excluding hydrogens is 606 g/mol. The highest BCUT2D eigenvalue weighted by Crippen LogP contribution is 2.38. The molecule has 1 N–H and O–H groups in total. The van der Waals surface area contributed by atoms with Gasteiger partial charge in [0.2, 0.25) is 5.91 Å². The first kappa shape index (κ1) is 31.7. The minimum Gasteiger partial charge on any atom is -0.496 e. The number of rotatable bonds is 7. The van der Waals surface area contributed by atoms with Crippen molar-refractivity contribution in [3.8, 4) is 22.8 Å². The Balaban J connectivity index is 1.13. The summed E-state index contributed by atoms with van der Waals surface area (Å²) in [5, 5.41) is 3.93. The monoisotopic (exact) mass is 649 g/mol. The number of anilines is 1. The van der Waals surface area contributed by atoms with Gasteiger partial charge in [-0.3, -0.25) is 19.0 Å². The van der Waals surface area contributed by atoms with Crippen molar-refractivity contribution in [3.05, 3.63) is 72.1 Å². The van der Waals surface area contributed by atoms with E-state index in [2.05, 4.69) is 19.6 Å². The van der Waals surface area contributed by atoms with Crippen LogP contribution in [0.3, 0.4) is 0 Å². The maximum atomic E-state index is 13.5. The number of aryl methyl sites for hydroxylation is 2. The lowest BCUT2D eigenvalue weighted by molar-refractivity contribution is -0.130. The maximum absolute atomic E-state index is 13.5. The number of benzene rings is 2. The third-order valence-electron chi connectivity index (χ3n) is 10.3. The van der Waals surface area contributed by atoms with Gasteiger partial charge in [0.15, 0.2) is 0 Å². The van der Waals surface area contributed by atoms with Crippen LogP contribution in [0.25, 0.3) is 27.7 Å². The average molecular weight is 650 g/mol. The lowest BCUT2D eigenvalue weighted by atomic mass is 9.93. The number of methoxy groups -OCH3 is 2. The van der Waals surface area contributed by atoms with Crippen molar-refractivity contribution in [1.29, 1.82) is 0 Å². The predicted molar refractivity (Wildman–Crippen MR) is 186 cm³/mol. The van der Waals surface area contributed by atoms with E-state index in [-0.39, 0.29) is 11.8 Å². The minimum absolute atomic E-state index is 0.179. The summed E-state index contributed by atoms with van der Waals surface area (Å²) in [7, 11) is 5.11. The molecule has 0 saturated carbocycles. The van der Waals surface area contributed by atoms with Gasteiger partial charge in [0.1, 0.15) is 23.0 Å². The van der Waals surface area contributed by atoms with Gasteiger partial charge in [0, 0.05) is 62.4 Å². The molecule has 2 aliphatic rings. The molecule has 11 nitrogen and oxygen atoms in total. The summed E-state index contributed by atoms with van der Waals surface area (Å²) < 4.78 is 15.4. The molecule has 0 radical (unpaired) electrons. The van der Waals surface area contributed by atoms with Crippen LogP contribution in [0.1, 0.15) is 60.5 Å². The number of likely N-dealkylation sites (tertiary alicyclic amines) is 2. The number of aromatic nitrogens is 4.